The Hall–Kier alpha value is -1.81. The maximum absolute atomic E-state index is 5.73. The number of rotatable bonds is 13. The maximum atomic E-state index is 5.73. The first-order valence-electron chi connectivity index (χ1n) is 10.2. The van der Waals surface area contributed by atoms with E-state index < -0.39 is 0 Å². The summed E-state index contributed by atoms with van der Waals surface area (Å²) < 4.78 is 5.73. The summed E-state index contributed by atoms with van der Waals surface area (Å²) in [6, 6.07) is 16.2. The summed E-state index contributed by atoms with van der Waals surface area (Å²) in [6.45, 7) is 2.99. The molecule has 0 aliphatic carbocycles. The fourth-order valence-electron chi connectivity index (χ4n) is 2.79. The Morgan fingerprint density at radius 1 is 0.741 bits per heavy atom. The van der Waals surface area contributed by atoms with Crippen molar-refractivity contribution in [3.8, 4) is 5.75 Å². The molecule has 2 aromatic rings. The molecule has 0 aromatic heterocycles. The van der Waals surface area contributed by atoms with Gasteiger partial charge in [0.25, 0.3) is 0 Å². The Kier molecular flexibility index (Phi) is 10.6. The van der Waals surface area contributed by atoms with E-state index in [9.17, 15) is 0 Å². The van der Waals surface area contributed by atoms with Gasteiger partial charge in [-0.15, -0.1) is 0 Å². The van der Waals surface area contributed by atoms with E-state index in [2.05, 4.69) is 41.9 Å². The SMILES string of the molecule is CCCCCCc1ccc(N=Nc2ccc(OCCCCCS)cc2)cc1. The number of hydrogen-bond acceptors (Lipinski definition) is 4. The fourth-order valence-corrected chi connectivity index (χ4v) is 3.01. The minimum atomic E-state index is 0.749. The van der Waals surface area contributed by atoms with Gasteiger partial charge in [-0.2, -0.15) is 22.9 Å². The Morgan fingerprint density at radius 2 is 1.37 bits per heavy atom. The minimum Gasteiger partial charge on any atom is -0.494 e. The second-order valence-electron chi connectivity index (χ2n) is 6.80. The van der Waals surface area contributed by atoms with Crippen molar-refractivity contribution in [2.24, 2.45) is 10.2 Å². The highest BCUT2D eigenvalue weighted by Gasteiger charge is 1.97. The van der Waals surface area contributed by atoms with Crippen LogP contribution in [0.1, 0.15) is 57.4 Å². The van der Waals surface area contributed by atoms with Crippen molar-refractivity contribution in [3.63, 3.8) is 0 Å². The van der Waals surface area contributed by atoms with Gasteiger partial charge in [0.2, 0.25) is 0 Å². The Balaban J connectivity index is 1.76. The maximum Gasteiger partial charge on any atom is 0.119 e. The highest BCUT2D eigenvalue weighted by Crippen LogP contribution is 2.22. The van der Waals surface area contributed by atoms with Crippen molar-refractivity contribution in [3.05, 3.63) is 54.1 Å². The first kappa shape index (κ1) is 21.5. The van der Waals surface area contributed by atoms with Crippen molar-refractivity contribution in [1.82, 2.24) is 0 Å². The minimum absolute atomic E-state index is 0.749. The lowest BCUT2D eigenvalue weighted by Gasteiger charge is -2.05. The van der Waals surface area contributed by atoms with Gasteiger partial charge >= 0.3 is 0 Å². The number of hydrogen-bond donors (Lipinski definition) is 1. The second-order valence-corrected chi connectivity index (χ2v) is 7.25. The van der Waals surface area contributed by atoms with Crippen molar-refractivity contribution in [1.29, 1.82) is 0 Å². The van der Waals surface area contributed by atoms with Crippen molar-refractivity contribution in [2.45, 2.75) is 58.3 Å². The largest absolute Gasteiger partial charge is 0.494 e. The van der Waals surface area contributed by atoms with Crippen molar-refractivity contribution < 1.29 is 4.74 Å². The first-order valence-corrected chi connectivity index (χ1v) is 10.8. The van der Waals surface area contributed by atoms with E-state index in [-0.39, 0.29) is 0 Å². The highest BCUT2D eigenvalue weighted by molar-refractivity contribution is 7.80. The molecule has 2 aromatic carbocycles. The molecule has 4 heteroatoms. The molecule has 0 spiro atoms. The van der Waals surface area contributed by atoms with Crippen LogP contribution in [0.3, 0.4) is 0 Å². The third kappa shape index (κ3) is 9.09. The molecule has 0 fully saturated rings. The molecule has 27 heavy (non-hydrogen) atoms. The van der Waals surface area contributed by atoms with Crippen LogP contribution in [0.2, 0.25) is 0 Å². The molecule has 0 atom stereocenters. The molecule has 0 radical (unpaired) electrons. The highest BCUT2D eigenvalue weighted by atomic mass is 32.1. The Bertz CT molecular complexity index is 653. The topological polar surface area (TPSA) is 34.0 Å². The van der Waals surface area contributed by atoms with Gasteiger partial charge in [0.1, 0.15) is 5.75 Å². The number of aryl methyl sites for hydroxylation is 1. The van der Waals surface area contributed by atoms with E-state index in [4.69, 9.17) is 4.74 Å². The zero-order chi connectivity index (χ0) is 19.2. The summed E-state index contributed by atoms with van der Waals surface area (Å²) in [4.78, 5) is 0. The summed E-state index contributed by atoms with van der Waals surface area (Å²) in [5.74, 6) is 1.83. The molecule has 0 unspecified atom stereocenters. The summed E-state index contributed by atoms with van der Waals surface area (Å²) in [7, 11) is 0. The number of unbranched alkanes of at least 4 members (excludes halogenated alkanes) is 5. The molecule has 0 heterocycles. The molecule has 3 nitrogen and oxygen atoms in total. The first-order chi connectivity index (χ1) is 13.3. The number of benzene rings is 2. The van der Waals surface area contributed by atoms with Gasteiger partial charge in [-0.3, -0.25) is 0 Å². The van der Waals surface area contributed by atoms with Gasteiger partial charge < -0.3 is 4.74 Å². The van der Waals surface area contributed by atoms with Crippen LogP contribution in [-0.4, -0.2) is 12.4 Å². The van der Waals surface area contributed by atoms with Gasteiger partial charge in [0, 0.05) is 0 Å². The van der Waals surface area contributed by atoms with Crippen LogP contribution >= 0.6 is 12.6 Å². The Labute approximate surface area is 169 Å². The van der Waals surface area contributed by atoms with Crippen LogP contribution < -0.4 is 4.74 Å². The number of thiol groups is 1. The lowest BCUT2D eigenvalue weighted by molar-refractivity contribution is 0.306. The van der Waals surface area contributed by atoms with Crippen LogP contribution in [0.5, 0.6) is 5.75 Å². The smallest absolute Gasteiger partial charge is 0.119 e. The average molecular weight is 385 g/mol. The molecule has 2 rings (SSSR count). The van der Waals surface area contributed by atoms with Gasteiger partial charge in [-0.1, -0.05) is 38.3 Å². The summed E-state index contributed by atoms with van der Waals surface area (Å²) in [5.41, 5.74) is 3.10. The molecule has 0 aliphatic heterocycles. The predicted molar refractivity (Wildman–Crippen MR) is 118 cm³/mol. The van der Waals surface area contributed by atoms with E-state index in [0.29, 0.717) is 0 Å². The van der Waals surface area contributed by atoms with Crippen molar-refractivity contribution in [2.75, 3.05) is 12.4 Å². The lowest BCUT2D eigenvalue weighted by Crippen LogP contribution is -1.96. The Morgan fingerprint density at radius 3 is 2.00 bits per heavy atom. The molecule has 0 aliphatic rings. The normalized spacial score (nSPS) is 11.2. The van der Waals surface area contributed by atoms with E-state index in [1.165, 1.54) is 31.2 Å². The lowest BCUT2D eigenvalue weighted by atomic mass is 10.1. The van der Waals surface area contributed by atoms with Crippen LogP contribution in [0.15, 0.2) is 58.8 Å². The van der Waals surface area contributed by atoms with Crippen molar-refractivity contribution >= 4 is 24.0 Å². The van der Waals surface area contributed by atoms with Crippen LogP contribution in [0, 0.1) is 0 Å². The molecule has 0 bridgehead atoms. The summed E-state index contributed by atoms with van der Waals surface area (Å²) in [5, 5.41) is 8.65. The van der Waals surface area contributed by atoms with E-state index in [1.807, 2.05) is 36.4 Å². The number of ether oxygens (including phenoxy) is 1. The van der Waals surface area contributed by atoms with E-state index in [1.54, 1.807) is 0 Å². The average Bonchev–Trinajstić information content (AvgIpc) is 2.71. The molecule has 0 saturated carbocycles. The zero-order valence-corrected chi connectivity index (χ0v) is 17.3. The van der Waals surface area contributed by atoms with E-state index >= 15 is 0 Å². The standard InChI is InChI=1S/C23H32N2OS/c1-2-3-4-6-9-20-10-12-21(13-11-20)24-25-22-14-16-23(17-15-22)26-18-7-5-8-19-27/h10-17,27H,2-9,18-19H2,1H3. The molecular formula is C23H32N2OS. The zero-order valence-electron chi connectivity index (χ0n) is 16.4. The fraction of sp³-hybridized carbons (Fsp3) is 0.478. The van der Waals surface area contributed by atoms with E-state index in [0.717, 1.165) is 55.2 Å². The monoisotopic (exact) mass is 384 g/mol. The number of azo groups is 1. The van der Waals surface area contributed by atoms with Gasteiger partial charge in [0.15, 0.2) is 0 Å². The van der Waals surface area contributed by atoms with Gasteiger partial charge in [-0.05, 0) is 79.8 Å². The van der Waals surface area contributed by atoms with Crippen LogP contribution in [0.25, 0.3) is 0 Å². The van der Waals surface area contributed by atoms with Gasteiger partial charge in [-0.25, -0.2) is 0 Å². The quantitative estimate of drug-likeness (QED) is 0.214. The molecule has 146 valence electrons. The molecule has 0 amide bonds. The molecule has 0 N–H and O–H groups in total. The second kappa shape index (κ2) is 13.4. The molecule has 0 saturated heterocycles. The number of nitrogens with zero attached hydrogens (tertiary/aromatic N) is 2. The third-order valence-electron chi connectivity index (χ3n) is 4.44. The van der Waals surface area contributed by atoms with Gasteiger partial charge in [0.05, 0.1) is 18.0 Å². The summed E-state index contributed by atoms with van der Waals surface area (Å²) in [6.07, 6.45) is 9.70. The third-order valence-corrected chi connectivity index (χ3v) is 4.76. The van der Waals surface area contributed by atoms with Crippen LogP contribution in [-0.2, 0) is 6.42 Å². The summed E-state index contributed by atoms with van der Waals surface area (Å²) >= 11 is 4.22. The molecular weight excluding hydrogens is 352 g/mol. The van der Waals surface area contributed by atoms with Crippen LogP contribution in [0.4, 0.5) is 11.4 Å². The predicted octanol–water partition coefficient (Wildman–Crippen LogP) is 7.70.